The molecule has 7 rings (SSSR count). The quantitative estimate of drug-likeness (QED) is 0.668. The lowest BCUT2D eigenvalue weighted by Crippen LogP contribution is -2.44. The number of fused-ring (bicyclic) bond motifs is 3. The van der Waals surface area contributed by atoms with Crippen LogP contribution >= 0.6 is 0 Å². The summed E-state index contributed by atoms with van der Waals surface area (Å²) in [5.41, 5.74) is 5.16. The van der Waals surface area contributed by atoms with E-state index in [4.69, 9.17) is 9.72 Å². The number of aromatic amines is 1. The predicted molar refractivity (Wildman–Crippen MR) is 122 cm³/mol. The Bertz CT molecular complexity index is 1120. The van der Waals surface area contributed by atoms with Crippen LogP contribution in [-0.2, 0) is 11.2 Å². The molecule has 6 heteroatoms. The molecule has 162 valence electrons. The van der Waals surface area contributed by atoms with Crippen LogP contribution in [0.2, 0.25) is 0 Å². The maximum Gasteiger partial charge on any atom is 0.143 e. The van der Waals surface area contributed by atoms with E-state index in [1.807, 2.05) is 0 Å². The SMILES string of the molecule is [HH].c1ccc2c(c1)CC[C@H](N1C[C@H]3COC[C@H]3C1)[C@H]2Nc1ncnc2[nH]c(C3CC3)cc12. The van der Waals surface area contributed by atoms with Crippen molar-refractivity contribution < 1.29 is 6.16 Å². The van der Waals surface area contributed by atoms with E-state index in [0.717, 1.165) is 49.6 Å². The number of hydrogen-bond donors (Lipinski definition) is 2. The van der Waals surface area contributed by atoms with E-state index in [2.05, 4.69) is 50.5 Å². The number of likely N-dealkylation sites (tertiary alicyclic amines) is 1. The lowest BCUT2D eigenvalue weighted by molar-refractivity contribution is 0.127. The smallest absolute Gasteiger partial charge is 0.143 e. The Morgan fingerprint density at radius 2 is 1.90 bits per heavy atom. The molecule has 3 aromatic rings. The molecule has 31 heavy (non-hydrogen) atoms. The summed E-state index contributed by atoms with van der Waals surface area (Å²) in [4.78, 5) is 15.5. The first-order chi connectivity index (χ1) is 15.3. The molecule has 2 aromatic heterocycles. The highest BCUT2D eigenvalue weighted by Crippen LogP contribution is 2.43. The molecule has 1 saturated carbocycles. The van der Waals surface area contributed by atoms with Crippen LogP contribution in [0.3, 0.4) is 0 Å². The largest absolute Gasteiger partial charge is 0.381 e. The molecule has 3 fully saturated rings. The molecule has 4 aliphatic rings. The summed E-state index contributed by atoms with van der Waals surface area (Å²) in [6.45, 7) is 4.18. The summed E-state index contributed by atoms with van der Waals surface area (Å²) >= 11 is 0. The van der Waals surface area contributed by atoms with Gasteiger partial charge in [-0.25, -0.2) is 9.97 Å². The number of anilines is 1. The summed E-state index contributed by atoms with van der Waals surface area (Å²) in [5.74, 6) is 3.04. The van der Waals surface area contributed by atoms with Gasteiger partial charge in [0.1, 0.15) is 17.8 Å². The molecule has 4 atom stereocenters. The van der Waals surface area contributed by atoms with Crippen LogP contribution in [-0.4, -0.2) is 52.2 Å². The highest BCUT2D eigenvalue weighted by atomic mass is 16.5. The number of nitrogens with zero attached hydrogens (tertiary/aromatic N) is 3. The number of aryl methyl sites for hydroxylation is 1. The van der Waals surface area contributed by atoms with Gasteiger partial charge in [0.2, 0.25) is 0 Å². The van der Waals surface area contributed by atoms with Gasteiger partial charge < -0.3 is 15.0 Å². The van der Waals surface area contributed by atoms with Crippen LogP contribution in [0, 0.1) is 11.8 Å². The first-order valence-corrected chi connectivity index (χ1v) is 11.8. The first-order valence-electron chi connectivity index (χ1n) is 11.8. The fraction of sp³-hybridized carbons (Fsp3) is 0.520. The number of nitrogens with one attached hydrogen (secondary N) is 2. The predicted octanol–water partition coefficient (Wildman–Crippen LogP) is 4.13. The van der Waals surface area contributed by atoms with Crippen molar-refractivity contribution in [2.45, 2.75) is 43.7 Å². The molecule has 2 saturated heterocycles. The van der Waals surface area contributed by atoms with Crippen molar-refractivity contribution in [1.29, 1.82) is 0 Å². The lowest BCUT2D eigenvalue weighted by Gasteiger charge is -2.40. The van der Waals surface area contributed by atoms with E-state index >= 15 is 0 Å². The molecule has 0 amide bonds. The van der Waals surface area contributed by atoms with Crippen LogP contribution in [0.1, 0.15) is 49.5 Å². The van der Waals surface area contributed by atoms with E-state index in [1.54, 1.807) is 6.33 Å². The Morgan fingerprint density at radius 3 is 2.74 bits per heavy atom. The Balaban J connectivity index is 0.00000196. The third-order valence-electron chi connectivity index (χ3n) is 7.98. The Morgan fingerprint density at radius 1 is 1.06 bits per heavy atom. The molecule has 4 heterocycles. The normalized spacial score (nSPS) is 30.5. The van der Waals surface area contributed by atoms with E-state index < -0.39 is 0 Å². The third kappa shape index (κ3) is 3.07. The number of ether oxygens (including phenoxy) is 1. The van der Waals surface area contributed by atoms with Crippen molar-refractivity contribution in [2.75, 3.05) is 31.6 Å². The molecule has 0 radical (unpaired) electrons. The van der Waals surface area contributed by atoms with Gasteiger partial charge in [0, 0.05) is 38.1 Å². The molecule has 0 bridgehead atoms. The summed E-state index contributed by atoms with van der Waals surface area (Å²) in [7, 11) is 0. The van der Waals surface area contributed by atoms with E-state index in [0.29, 0.717) is 23.8 Å². The average molecular weight is 418 g/mol. The number of H-pyrrole nitrogens is 1. The maximum atomic E-state index is 5.74. The number of hydrogen-bond acceptors (Lipinski definition) is 5. The molecular formula is C25H31N5O. The van der Waals surface area contributed by atoms with Crippen LogP contribution in [0.15, 0.2) is 36.7 Å². The Hall–Kier alpha value is -2.44. The average Bonchev–Trinajstić information content (AvgIpc) is 3.20. The molecule has 0 spiro atoms. The number of rotatable bonds is 4. The third-order valence-corrected chi connectivity index (χ3v) is 7.98. The van der Waals surface area contributed by atoms with Gasteiger partial charge in [0.15, 0.2) is 0 Å². The van der Waals surface area contributed by atoms with Gasteiger partial charge in [0.05, 0.1) is 24.6 Å². The zero-order valence-electron chi connectivity index (χ0n) is 17.8. The zero-order valence-corrected chi connectivity index (χ0v) is 17.8. The standard InChI is InChI=1S/C25H29N5O.H2/c1-2-4-19-15(3-1)7-8-22(30-10-17-12-31-13-18(17)11-30)23(19)29-25-20-9-21(16-5-6-16)28-24(20)26-14-27-25;/h1-4,9,14,16-18,22-23H,5-8,10-13H2,(H2,26,27,28,29);1H/t17-,18+,22-,23-;/m0./s1. The highest BCUT2D eigenvalue weighted by Gasteiger charge is 2.43. The van der Waals surface area contributed by atoms with Gasteiger partial charge in [-0.05, 0) is 48.8 Å². The van der Waals surface area contributed by atoms with Gasteiger partial charge in [-0.3, -0.25) is 4.90 Å². The summed E-state index contributed by atoms with van der Waals surface area (Å²) < 4.78 is 5.74. The van der Waals surface area contributed by atoms with Crippen molar-refractivity contribution in [1.82, 2.24) is 19.9 Å². The summed E-state index contributed by atoms with van der Waals surface area (Å²) in [5, 5.41) is 5.02. The second-order valence-electron chi connectivity index (χ2n) is 9.92. The molecule has 1 aromatic carbocycles. The van der Waals surface area contributed by atoms with E-state index in [-0.39, 0.29) is 7.47 Å². The molecular weight excluding hydrogens is 386 g/mol. The Labute approximate surface area is 183 Å². The van der Waals surface area contributed by atoms with Gasteiger partial charge in [-0.15, -0.1) is 0 Å². The van der Waals surface area contributed by atoms with Crippen molar-refractivity contribution in [2.24, 2.45) is 11.8 Å². The van der Waals surface area contributed by atoms with Gasteiger partial charge in [-0.1, -0.05) is 24.3 Å². The maximum absolute atomic E-state index is 5.74. The zero-order chi connectivity index (χ0) is 20.4. The molecule has 0 unspecified atom stereocenters. The monoisotopic (exact) mass is 417 g/mol. The van der Waals surface area contributed by atoms with Crippen molar-refractivity contribution in [3.05, 3.63) is 53.5 Å². The minimum atomic E-state index is 0. The fourth-order valence-corrected chi connectivity index (χ4v) is 6.14. The van der Waals surface area contributed by atoms with Gasteiger partial charge in [-0.2, -0.15) is 0 Å². The molecule has 2 aliphatic heterocycles. The van der Waals surface area contributed by atoms with Crippen molar-refractivity contribution in [3.8, 4) is 0 Å². The van der Waals surface area contributed by atoms with Gasteiger partial charge >= 0.3 is 0 Å². The topological polar surface area (TPSA) is 66.1 Å². The van der Waals surface area contributed by atoms with Crippen LogP contribution in [0.25, 0.3) is 11.0 Å². The minimum Gasteiger partial charge on any atom is -0.381 e. The summed E-state index contributed by atoms with van der Waals surface area (Å²) in [6.07, 6.45) is 6.59. The minimum absolute atomic E-state index is 0. The Kier molecular flexibility index (Phi) is 4.12. The number of aromatic nitrogens is 3. The highest BCUT2D eigenvalue weighted by molar-refractivity contribution is 5.88. The molecule has 2 aliphatic carbocycles. The number of benzene rings is 1. The van der Waals surface area contributed by atoms with Crippen molar-refractivity contribution in [3.63, 3.8) is 0 Å². The van der Waals surface area contributed by atoms with Crippen LogP contribution in [0.5, 0.6) is 0 Å². The van der Waals surface area contributed by atoms with E-state index in [1.165, 1.54) is 36.1 Å². The summed E-state index contributed by atoms with van der Waals surface area (Å²) in [6, 6.07) is 11.9. The van der Waals surface area contributed by atoms with Gasteiger partial charge in [0.25, 0.3) is 0 Å². The lowest BCUT2D eigenvalue weighted by atomic mass is 9.83. The van der Waals surface area contributed by atoms with E-state index in [9.17, 15) is 0 Å². The second-order valence-corrected chi connectivity index (χ2v) is 9.92. The fourth-order valence-electron chi connectivity index (χ4n) is 6.14. The van der Waals surface area contributed by atoms with Crippen LogP contribution < -0.4 is 5.32 Å². The molecule has 2 N–H and O–H groups in total. The molecule has 6 nitrogen and oxygen atoms in total. The second kappa shape index (κ2) is 7.04. The first kappa shape index (κ1) is 18.2. The van der Waals surface area contributed by atoms with Crippen LogP contribution in [0.4, 0.5) is 5.82 Å². The van der Waals surface area contributed by atoms with Crippen molar-refractivity contribution >= 4 is 16.9 Å².